The van der Waals surface area contributed by atoms with Gasteiger partial charge < -0.3 is 19.9 Å². The Balaban J connectivity index is 2.11. The molecule has 2 aromatic rings. The number of anilines is 1. The van der Waals surface area contributed by atoms with Gasteiger partial charge in [-0.15, -0.1) is 0 Å². The lowest BCUT2D eigenvalue weighted by atomic mass is 10.1. The van der Waals surface area contributed by atoms with Crippen LogP contribution in [-0.4, -0.2) is 19.3 Å². The Morgan fingerprint density at radius 3 is 2.14 bits per heavy atom. The minimum atomic E-state index is -0.403. The summed E-state index contributed by atoms with van der Waals surface area (Å²) in [4.78, 5) is 0. The monoisotopic (exact) mass is 291 g/mol. The van der Waals surface area contributed by atoms with Crippen LogP contribution < -0.4 is 14.8 Å². The van der Waals surface area contributed by atoms with Crippen molar-refractivity contribution in [2.75, 3.05) is 19.5 Å². The number of aliphatic hydroxyl groups excluding tert-OH is 1. The van der Waals surface area contributed by atoms with E-state index < -0.39 is 5.82 Å². The van der Waals surface area contributed by atoms with E-state index in [9.17, 15) is 4.39 Å². The zero-order valence-electron chi connectivity index (χ0n) is 12.0. The van der Waals surface area contributed by atoms with E-state index in [0.717, 1.165) is 11.1 Å². The number of aliphatic hydroxyl groups is 1. The number of hydrogen-bond acceptors (Lipinski definition) is 4. The number of methoxy groups -OCH3 is 2. The van der Waals surface area contributed by atoms with E-state index in [2.05, 4.69) is 5.32 Å². The third kappa shape index (κ3) is 3.64. The van der Waals surface area contributed by atoms with Crippen LogP contribution in [0.4, 0.5) is 10.1 Å². The molecule has 0 unspecified atom stereocenters. The van der Waals surface area contributed by atoms with Crippen LogP contribution in [0.25, 0.3) is 0 Å². The van der Waals surface area contributed by atoms with Crippen LogP contribution in [0.3, 0.4) is 0 Å². The Bertz CT molecular complexity index is 599. The van der Waals surface area contributed by atoms with E-state index >= 15 is 0 Å². The van der Waals surface area contributed by atoms with Gasteiger partial charge in [-0.05, 0) is 11.1 Å². The SMILES string of the molecule is COc1cc(F)c(NCc2ccc(CO)cc2)cc1OC. The van der Waals surface area contributed by atoms with E-state index in [1.165, 1.54) is 20.3 Å². The number of rotatable bonds is 6. The first kappa shape index (κ1) is 15.1. The first-order chi connectivity index (χ1) is 10.2. The molecule has 0 bridgehead atoms. The lowest BCUT2D eigenvalue weighted by Gasteiger charge is -2.12. The lowest BCUT2D eigenvalue weighted by molar-refractivity contribution is 0.282. The second-order valence-electron chi connectivity index (χ2n) is 4.52. The van der Waals surface area contributed by atoms with E-state index in [0.29, 0.717) is 23.7 Å². The highest BCUT2D eigenvalue weighted by Gasteiger charge is 2.10. The van der Waals surface area contributed by atoms with E-state index in [4.69, 9.17) is 14.6 Å². The van der Waals surface area contributed by atoms with Gasteiger partial charge in [-0.25, -0.2) is 4.39 Å². The molecule has 2 rings (SSSR count). The van der Waals surface area contributed by atoms with Crippen molar-refractivity contribution in [2.24, 2.45) is 0 Å². The number of benzene rings is 2. The minimum absolute atomic E-state index is 0.0119. The third-order valence-electron chi connectivity index (χ3n) is 3.16. The van der Waals surface area contributed by atoms with Crippen molar-refractivity contribution in [3.8, 4) is 11.5 Å². The maximum atomic E-state index is 13.9. The molecule has 0 aromatic heterocycles. The summed E-state index contributed by atoms with van der Waals surface area (Å²) in [6.45, 7) is 0.482. The van der Waals surface area contributed by atoms with Crippen LogP contribution in [0.15, 0.2) is 36.4 Å². The Kier molecular flexibility index (Phi) is 5.00. The highest BCUT2D eigenvalue weighted by atomic mass is 19.1. The predicted molar refractivity (Wildman–Crippen MR) is 79.2 cm³/mol. The van der Waals surface area contributed by atoms with Gasteiger partial charge in [0, 0.05) is 18.7 Å². The van der Waals surface area contributed by atoms with Crippen LogP contribution in [0.2, 0.25) is 0 Å². The van der Waals surface area contributed by atoms with E-state index in [1.807, 2.05) is 24.3 Å². The molecule has 0 aliphatic heterocycles. The van der Waals surface area contributed by atoms with Gasteiger partial charge in [0.05, 0.1) is 26.5 Å². The zero-order valence-corrected chi connectivity index (χ0v) is 12.0. The third-order valence-corrected chi connectivity index (χ3v) is 3.16. The molecule has 21 heavy (non-hydrogen) atoms. The molecule has 0 saturated carbocycles. The summed E-state index contributed by atoms with van der Waals surface area (Å²) in [6, 6.07) is 10.3. The first-order valence-corrected chi connectivity index (χ1v) is 6.52. The largest absolute Gasteiger partial charge is 0.493 e. The average Bonchev–Trinajstić information content (AvgIpc) is 2.53. The fraction of sp³-hybridized carbons (Fsp3) is 0.250. The van der Waals surface area contributed by atoms with Crippen LogP contribution >= 0.6 is 0 Å². The van der Waals surface area contributed by atoms with Crippen LogP contribution in [0.1, 0.15) is 11.1 Å². The van der Waals surface area contributed by atoms with Gasteiger partial charge in [0.2, 0.25) is 0 Å². The molecular formula is C16H18FNO3. The number of halogens is 1. The number of ether oxygens (including phenoxy) is 2. The second-order valence-corrected chi connectivity index (χ2v) is 4.52. The minimum Gasteiger partial charge on any atom is -0.493 e. The summed E-state index contributed by atoms with van der Waals surface area (Å²) >= 11 is 0. The van der Waals surface area contributed by atoms with Crippen molar-refractivity contribution in [3.63, 3.8) is 0 Å². The highest BCUT2D eigenvalue weighted by Crippen LogP contribution is 2.32. The maximum absolute atomic E-state index is 13.9. The zero-order chi connectivity index (χ0) is 15.2. The number of hydrogen-bond donors (Lipinski definition) is 2. The van der Waals surface area contributed by atoms with Crippen LogP contribution in [0, 0.1) is 5.82 Å². The molecule has 112 valence electrons. The Morgan fingerprint density at radius 2 is 1.57 bits per heavy atom. The number of nitrogens with one attached hydrogen (secondary N) is 1. The van der Waals surface area contributed by atoms with Gasteiger partial charge >= 0.3 is 0 Å². The molecule has 2 N–H and O–H groups in total. The molecule has 0 fully saturated rings. The van der Waals surface area contributed by atoms with Gasteiger partial charge in [-0.1, -0.05) is 24.3 Å². The second kappa shape index (κ2) is 6.95. The standard InChI is InChI=1S/C16H18FNO3/c1-20-15-7-13(17)14(8-16(15)21-2)18-9-11-3-5-12(10-19)6-4-11/h3-8,18-19H,9-10H2,1-2H3. The summed E-state index contributed by atoms with van der Waals surface area (Å²) in [5.41, 5.74) is 2.18. The fourth-order valence-corrected chi connectivity index (χ4v) is 1.95. The van der Waals surface area contributed by atoms with E-state index in [1.54, 1.807) is 6.07 Å². The van der Waals surface area contributed by atoms with Gasteiger partial charge in [0.15, 0.2) is 11.5 Å². The highest BCUT2D eigenvalue weighted by molar-refractivity contribution is 5.56. The fourth-order valence-electron chi connectivity index (χ4n) is 1.95. The summed E-state index contributed by atoms with van der Waals surface area (Å²) in [5, 5.41) is 12.0. The molecule has 4 nitrogen and oxygen atoms in total. The molecule has 0 amide bonds. The molecule has 0 spiro atoms. The van der Waals surface area contributed by atoms with Crippen LogP contribution in [0.5, 0.6) is 11.5 Å². The van der Waals surface area contributed by atoms with Gasteiger partial charge in [-0.3, -0.25) is 0 Å². The lowest BCUT2D eigenvalue weighted by Crippen LogP contribution is -2.03. The van der Waals surface area contributed by atoms with Crippen molar-refractivity contribution in [1.82, 2.24) is 0 Å². The normalized spacial score (nSPS) is 10.3. The summed E-state index contributed by atoms with van der Waals surface area (Å²) in [7, 11) is 2.97. The van der Waals surface area contributed by atoms with Gasteiger partial charge in [-0.2, -0.15) is 0 Å². The molecule has 0 radical (unpaired) electrons. The van der Waals surface area contributed by atoms with Gasteiger partial charge in [0.25, 0.3) is 0 Å². The maximum Gasteiger partial charge on any atom is 0.163 e. The Hall–Kier alpha value is -2.27. The van der Waals surface area contributed by atoms with Gasteiger partial charge in [0.1, 0.15) is 5.82 Å². The predicted octanol–water partition coefficient (Wildman–Crippen LogP) is 2.95. The smallest absolute Gasteiger partial charge is 0.163 e. The molecule has 0 aliphatic rings. The summed E-state index contributed by atoms with van der Waals surface area (Å²) in [6.07, 6.45) is 0. The average molecular weight is 291 g/mol. The van der Waals surface area contributed by atoms with Crippen molar-refractivity contribution in [2.45, 2.75) is 13.2 Å². The quantitative estimate of drug-likeness (QED) is 0.859. The van der Waals surface area contributed by atoms with E-state index in [-0.39, 0.29) is 6.61 Å². The summed E-state index contributed by atoms with van der Waals surface area (Å²) in [5.74, 6) is 0.421. The Labute approximate surface area is 123 Å². The van der Waals surface area contributed by atoms with Crippen molar-refractivity contribution >= 4 is 5.69 Å². The molecule has 2 aromatic carbocycles. The molecule has 0 saturated heterocycles. The van der Waals surface area contributed by atoms with Crippen molar-refractivity contribution < 1.29 is 19.0 Å². The molecule has 0 aliphatic carbocycles. The molecule has 0 atom stereocenters. The van der Waals surface area contributed by atoms with Crippen LogP contribution in [-0.2, 0) is 13.2 Å². The molecular weight excluding hydrogens is 273 g/mol. The topological polar surface area (TPSA) is 50.7 Å². The van der Waals surface area contributed by atoms with Crippen molar-refractivity contribution in [1.29, 1.82) is 0 Å². The first-order valence-electron chi connectivity index (χ1n) is 6.52. The Morgan fingerprint density at radius 1 is 1.00 bits per heavy atom. The molecule has 5 heteroatoms. The molecule has 0 heterocycles. The van der Waals surface area contributed by atoms with Crippen molar-refractivity contribution in [3.05, 3.63) is 53.3 Å². The summed E-state index contributed by atoms with van der Waals surface area (Å²) < 4.78 is 24.1.